The molecule has 1 N–H and O–H groups in total. The highest BCUT2D eigenvalue weighted by molar-refractivity contribution is 7.89. The number of aryl methyl sites for hydroxylation is 2. The first kappa shape index (κ1) is 20.9. The third-order valence-electron chi connectivity index (χ3n) is 5.93. The molecule has 3 heterocycles. The van der Waals surface area contributed by atoms with Gasteiger partial charge in [0.2, 0.25) is 10.0 Å². The van der Waals surface area contributed by atoms with Crippen LogP contribution in [0.3, 0.4) is 0 Å². The van der Waals surface area contributed by atoms with E-state index in [0.29, 0.717) is 36.5 Å². The molecule has 0 aromatic carbocycles. The lowest BCUT2D eigenvalue weighted by Gasteiger charge is -2.26. The van der Waals surface area contributed by atoms with Crippen LogP contribution in [0.15, 0.2) is 23.5 Å². The fourth-order valence-electron chi connectivity index (χ4n) is 4.40. The van der Waals surface area contributed by atoms with E-state index < -0.39 is 16.1 Å². The van der Waals surface area contributed by atoms with Crippen molar-refractivity contribution in [2.24, 2.45) is 7.05 Å². The van der Waals surface area contributed by atoms with E-state index in [1.165, 1.54) is 34.0 Å². The first-order chi connectivity index (χ1) is 14.4. The molecule has 4 rings (SSSR count). The van der Waals surface area contributed by atoms with E-state index >= 15 is 0 Å². The Morgan fingerprint density at radius 1 is 1.13 bits per heavy atom. The van der Waals surface area contributed by atoms with Gasteiger partial charge in [0.15, 0.2) is 0 Å². The molecular weight excluding hydrogens is 404 g/mol. The molecule has 0 spiro atoms. The summed E-state index contributed by atoms with van der Waals surface area (Å²) in [6.07, 6.45) is 11.1. The van der Waals surface area contributed by atoms with Gasteiger partial charge in [-0.25, -0.2) is 18.4 Å². The zero-order valence-electron chi connectivity index (χ0n) is 17.4. The van der Waals surface area contributed by atoms with E-state index in [-0.39, 0.29) is 16.8 Å². The van der Waals surface area contributed by atoms with Crippen molar-refractivity contribution in [1.29, 1.82) is 0 Å². The minimum Gasteiger partial charge on any atom is -0.349 e. The number of nitrogens with one attached hydrogen (secondary N) is 1. The van der Waals surface area contributed by atoms with Crippen LogP contribution >= 0.6 is 0 Å². The number of sulfonamides is 1. The summed E-state index contributed by atoms with van der Waals surface area (Å²) in [5.74, 6) is 0.298. The van der Waals surface area contributed by atoms with Crippen molar-refractivity contribution >= 4 is 15.9 Å². The third-order valence-corrected chi connectivity index (χ3v) is 7.79. The number of carbonyl (C=O) groups is 1. The summed E-state index contributed by atoms with van der Waals surface area (Å²) in [4.78, 5) is 22.0. The Morgan fingerprint density at radius 3 is 2.60 bits per heavy atom. The predicted molar refractivity (Wildman–Crippen MR) is 110 cm³/mol. The minimum absolute atomic E-state index is 0.149. The van der Waals surface area contributed by atoms with Crippen molar-refractivity contribution < 1.29 is 13.2 Å². The molecule has 1 atom stereocenters. The van der Waals surface area contributed by atoms with E-state index in [1.54, 1.807) is 14.0 Å². The van der Waals surface area contributed by atoms with Crippen LogP contribution in [0.4, 0.5) is 0 Å². The number of nitrogens with zero attached hydrogens (tertiary/aromatic N) is 5. The van der Waals surface area contributed by atoms with E-state index in [1.807, 2.05) is 0 Å². The quantitative estimate of drug-likeness (QED) is 0.775. The molecule has 0 radical (unpaired) electrons. The van der Waals surface area contributed by atoms with Crippen LogP contribution in [0.2, 0.25) is 0 Å². The highest BCUT2D eigenvalue weighted by atomic mass is 32.2. The molecule has 2 aromatic heterocycles. The number of rotatable bonds is 5. The van der Waals surface area contributed by atoms with Gasteiger partial charge in [-0.3, -0.25) is 9.48 Å². The molecule has 1 amide bonds. The monoisotopic (exact) mass is 432 g/mol. The summed E-state index contributed by atoms with van der Waals surface area (Å²) in [5.41, 5.74) is 0.852. The smallest absolute Gasteiger partial charge is 0.254 e. The SMILES string of the molecule is Cc1ncc(C(=O)NC2CCCCC2)c([C@H]2CCCN2S(=O)(=O)c2cnn(C)c2)n1. The lowest BCUT2D eigenvalue weighted by molar-refractivity contribution is 0.0924. The van der Waals surface area contributed by atoms with E-state index in [4.69, 9.17) is 0 Å². The van der Waals surface area contributed by atoms with E-state index in [2.05, 4.69) is 20.4 Å². The van der Waals surface area contributed by atoms with Gasteiger partial charge in [0, 0.05) is 32.0 Å². The maximum absolute atomic E-state index is 13.2. The maximum atomic E-state index is 13.2. The number of carbonyl (C=O) groups excluding carboxylic acids is 1. The van der Waals surface area contributed by atoms with Gasteiger partial charge in [0.25, 0.3) is 5.91 Å². The van der Waals surface area contributed by atoms with Gasteiger partial charge in [-0.1, -0.05) is 19.3 Å². The Bertz CT molecular complexity index is 1030. The third kappa shape index (κ3) is 4.11. The molecule has 1 saturated carbocycles. The second-order valence-corrected chi connectivity index (χ2v) is 10.0. The van der Waals surface area contributed by atoms with Crippen molar-refractivity contribution in [2.75, 3.05) is 6.54 Å². The molecule has 2 fully saturated rings. The molecule has 1 aliphatic carbocycles. The molecule has 1 saturated heterocycles. The van der Waals surface area contributed by atoms with Crippen molar-refractivity contribution in [2.45, 2.75) is 68.8 Å². The van der Waals surface area contributed by atoms with E-state index in [0.717, 1.165) is 25.7 Å². The van der Waals surface area contributed by atoms with Crippen LogP contribution < -0.4 is 5.32 Å². The number of amides is 1. The predicted octanol–water partition coefficient (Wildman–Crippen LogP) is 2.11. The van der Waals surface area contributed by atoms with Gasteiger partial charge >= 0.3 is 0 Å². The highest BCUT2D eigenvalue weighted by Gasteiger charge is 2.39. The zero-order valence-corrected chi connectivity index (χ0v) is 18.2. The fourth-order valence-corrected chi connectivity index (χ4v) is 6.04. The Labute approximate surface area is 176 Å². The Morgan fingerprint density at radius 2 is 1.90 bits per heavy atom. The average Bonchev–Trinajstić information content (AvgIpc) is 3.38. The fraction of sp³-hybridized carbons (Fsp3) is 0.600. The summed E-state index contributed by atoms with van der Waals surface area (Å²) < 4.78 is 29.4. The molecule has 2 aliphatic rings. The second-order valence-electron chi connectivity index (χ2n) is 8.15. The summed E-state index contributed by atoms with van der Waals surface area (Å²) in [6.45, 7) is 2.13. The zero-order chi connectivity index (χ0) is 21.3. The lowest BCUT2D eigenvalue weighted by Crippen LogP contribution is -2.38. The van der Waals surface area contributed by atoms with Crippen molar-refractivity contribution in [3.8, 4) is 0 Å². The van der Waals surface area contributed by atoms with Gasteiger partial charge < -0.3 is 5.32 Å². The number of hydrogen-bond acceptors (Lipinski definition) is 6. The molecule has 162 valence electrons. The van der Waals surface area contributed by atoms with Gasteiger partial charge in [-0.2, -0.15) is 9.40 Å². The second kappa shape index (κ2) is 8.43. The first-order valence-corrected chi connectivity index (χ1v) is 11.9. The molecule has 10 heteroatoms. The van der Waals surface area contributed by atoms with Crippen molar-refractivity contribution in [3.63, 3.8) is 0 Å². The summed E-state index contributed by atoms with van der Waals surface area (Å²) in [5, 5.41) is 7.10. The van der Waals surface area contributed by atoms with Gasteiger partial charge in [-0.15, -0.1) is 0 Å². The molecule has 30 heavy (non-hydrogen) atoms. The summed E-state index contributed by atoms with van der Waals surface area (Å²) >= 11 is 0. The van der Waals surface area contributed by atoms with Crippen molar-refractivity contribution in [3.05, 3.63) is 35.7 Å². The Balaban J connectivity index is 1.65. The normalized spacial score (nSPS) is 21.1. The van der Waals surface area contributed by atoms with E-state index in [9.17, 15) is 13.2 Å². The molecule has 9 nitrogen and oxygen atoms in total. The van der Waals surface area contributed by atoms with Crippen molar-refractivity contribution in [1.82, 2.24) is 29.4 Å². The van der Waals surface area contributed by atoms with Crippen LogP contribution in [0, 0.1) is 6.92 Å². The maximum Gasteiger partial charge on any atom is 0.254 e. The highest BCUT2D eigenvalue weighted by Crippen LogP contribution is 2.37. The Kier molecular flexibility index (Phi) is 5.88. The summed E-state index contributed by atoms with van der Waals surface area (Å²) in [6, 6.07) is -0.344. The molecule has 2 aromatic rings. The topological polar surface area (TPSA) is 110 Å². The van der Waals surface area contributed by atoms with Gasteiger partial charge in [0.1, 0.15) is 10.7 Å². The van der Waals surface area contributed by atoms with Crippen LogP contribution in [0.25, 0.3) is 0 Å². The van der Waals surface area contributed by atoms with Crippen LogP contribution in [-0.2, 0) is 17.1 Å². The van der Waals surface area contributed by atoms with Crippen LogP contribution in [-0.4, -0.2) is 51.0 Å². The molecule has 1 aliphatic heterocycles. The molecular formula is C20H28N6O3S. The van der Waals surface area contributed by atoms with Crippen LogP contribution in [0.1, 0.15) is 72.9 Å². The standard InChI is InChI=1S/C20H28N6O3S/c1-14-21-12-17(20(27)24-15-7-4-3-5-8-15)19(23-14)18-9-6-10-26(18)30(28,29)16-11-22-25(2)13-16/h11-13,15,18H,3-10H2,1-2H3,(H,24,27)/t18-/m1/s1. The largest absolute Gasteiger partial charge is 0.349 e. The van der Waals surface area contributed by atoms with Crippen LogP contribution in [0.5, 0.6) is 0 Å². The molecule has 0 bridgehead atoms. The number of aromatic nitrogens is 4. The van der Waals surface area contributed by atoms with Gasteiger partial charge in [0.05, 0.1) is 23.5 Å². The molecule has 0 unspecified atom stereocenters. The van der Waals surface area contributed by atoms with Gasteiger partial charge in [-0.05, 0) is 32.6 Å². The summed E-state index contributed by atoms with van der Waals surface area (Å²) in [7, 11) is -2.06. The Hall–Kier alpha value is -2.33. The minimum atomic E-state index is -3.74. The first-order valence-electron chi connectivity index (χ1n) is 10.5. The number of hydrogen-bond donors (Lipinski definition) is 1. The lowest BCUT2D eigenvalue weighted by atomic mass is 9.95. The average molecular weight is 433 g/mol.